The molecule has 1 aromatic rings. The Morgan fingerprint density at radius 3 is 2.65 bits per heavy atom. The number of carbonyl (C=O) groups excluding carboxylic acids is 1. The van der Waals surface area contributed by atoms with Crippen LogP contribution in [-0.2, 0) is 4.79 Å². The summed E-state index contributed by atoms with van der Waals surface area (Å²) in [6, 6.07) is 9.17. The second-order valence-corrected chi connectivity index (χ2v) is 6.16. The van der Waals surface area contributed by atoms with Gasteiger partial charge in [-0.25, -0.2) is 0 Å². The number of thioether (sulfide) groups is 1. The highest BCUT2D eigenvalue weighted by atomic mass is 32.2. The lowest BCUT2D eigenvalue weighted by molar-refractivity contribution is -0.115. The molecule has 0 aliphatic carbocycles. The summed E-state index contributed by atoms with van der Waals surface area (Å²) in [6.07, 6.45) is 2.27. The molecular formula is C15H19N3OS. The van der Waals surface area contributed by atoms with Gasteiger partial charge >= 0.3 is 0 Å². The number of amides is 1. The number of hydrogen-bond donors (Lipinski definition) is 1. The minimum Gasteiger partial charge on any atom is -0.317 e. The van der Waals surface area contributed by atoms with Crippen LogP contribution < -0.4 is 10.2 Å². The molecule has 0 bridgehead atoms. The van der Waals surface area contributed by atoms with Gasteiger partial charge in [0.25, 0.3) is 0 Å². The number of nitrogens with one attached hydrogen (secondary N) is 1. The minimum absolute atomic E-state index is 0.109. The van der Waals surface area contributed by atoms with Gasteiger partial charge in [-0.15, -0.1) is 11.8 Å². The van der Waals surface area contributed by atoms with Crippen molar-refractivity contribution in [2.75, 3.05) is 30.8 Å². The molecule has 0 unspecified atom stereocenters. The summed E-state index contributed by atoms with van der Waals surface area (Å²) in [6.45, 7) is 2.11. The van der Waals surface area contributed by atoms with Crippen LogP contribution in [0.3, 0.4) is 0 Å². The molecule has 1 saturated heterocycles. The molecule has 0 atom stereocenters. The van der Waals surface area contributed by atoms with Crippen molar-refractivity contribution in [3.05, 3.63) is 29.8 Å². The smallest absolute Gasteiger partial charge is 0.236 e. The normalized spacial score (nSPS) is 15.6. The van der Waals surface area contributed by atoms with E-state index >= 15 is 0 Å². The first kappa shape index (κ1) is 14.9. The van der Waals surface area contributed by atoms with E-state index < -0.39 is 0 Å². The molecule has 2 rings (SSSR count). The first-order valence-electron chi connectivity index (χ1n) is 6.80. The Labute approximate surface area is 124 Å². The SMILES string of the molecule is CN(C(=O)CSC1CCNCC1)c1ccc(C#N)cc1. The van der Waals surface area contributed by atoms with Crippen LogP contribution in [-0.4, -0.2) is 37.0 Å². The summed E-state index contributed by atoms with van der Waals surface area (Å²) in [5.74, 6) is 0.625. The van der Waals surface area contributed by atoms with Crippen molar-refractivity contribution in [1.82, 2.24) is 5.32 Å². The monoisotopic (exact) mass is 289 g/mol. The first-order chi connectivity index (χ1) is 9.70. The summed E-state index contributed by atoms with van der Waals surface area (Å²) >= 11 is 1.75. The molecule has 1 amide bonds. The topological polar surface area (TPSA) is 56.1 Å². The van der Waals surface area contributed by atoms with Gasteiger partial charge < -0.3 is 10.2 Å². The molecule has 5 heteroatoms. The lowest BCUT2D eigenvalue weighted by Crippen LogP contribution is -2.32. The van der Waals surface area contributed by atoms with Crippen LogP contribution in [0, 0.1) is 11.3 Å². The third-order valence-electron chi connectivity index (χ3n) is 3.49. The predicted molar refractivity (Wildman–Crippen MR) is 82.9 cm³/mol. The van der Waals surface area contributed by atoms with Gasteiger partial charge in [0.1, 0.15) is 0 Å². The fourth-order valence-corrected chi connectivity index (χ4v) is 3.29. The molecule has 1 fully saturated rings. The summed E-state index contributed by atoms with van der Waals surface area (Å²) < 4.78 is 0. The fourth-order valence-electron chi connectivity index (χ4n) is 2.15. The highest BCUT2D eigenvalue weighted by Crippen LogP contribution is 2.21. The van der Waals surface area contributed by atoms with Crippen LogP contribution >= 0.6 is 11.8 Å². The van der Waals surface area contributed by atoms with E-state index in [9.17, 15) is 4.79 Å². The van der Waals surface area contributed by atoms with Gasteiger partial charge in [-0.05, 0) is 50.2 Å². The van der Waals surface area contributed by atoms with E-state index in [4.69, 9.17) is 5.26 Å². The highest BCUT2D eigenvalue weighted by molar-refractivity contribution is 8.00. The third-order valence-corrected chi connectivity index (χ3v) is 4.84. The maximum Gasteiger partial charge on any atom is 0.236 e. The van der Waals surface area contributed by atoms with Crippen molar-refractivity contribution in [2.24, 2.45) is 0 Å². The van der Waals surface area contributed by atoms with Gasteiger partial charge in [-0.3, -0.25) is 4.79 Å². The molecule has 1 N–H and O–H groups in total. The average molecular weight is 289 g/mol. The number of carbonyl (C=O) groups is 1. The van der Waals surface area contributed by atoms with Crippen LogP contribution in [0.15, 0.2) is 24.3 Å². The maximum atomic E-state index is 12.2. The zero-order valence-electron chi connectivity index (χ0n) is 11.6. The molecule has 20 heavy (non-hydrogen) atoms. The zero-order valence-corrected chi connectivity index (χ0v) is 12.4. The van der Waals surface area contributed by atoms with Crippen LogP contribution in [0.2, 0.25) is 0 Å². The standard InChI is InChI=1S/C15H19N3OS/c1-18(13-4-2-12(10-16)3-5-13)15(19)11-20-14-6-8-17-9-7-14/h2-5,14,17H,6-9,11H2,1H3. The number of hydrogen-bond acceptors (Lipinski definition) is 4. The van der Waals surface area contributed by atoms with E-state index in [0.29, 0.717) is 16.6 Å². The molecule has 1 aliphatic heterocycles. The number of benzene rings is 1. The maximum absolute atomic E-state index is 12.2. The van der Waals surface area contributed by atoms with E-state index in [1.807, 2.05) is 12.1 Å². The van der Waals surface area contributed by atoms with Gasteiger partial charge in [-0.2, -0.15) is 5.26 Å². The third kappa shape index (κ3) is 3.99. The van der Waals surface area contributed by atoms with Crippen molar-refractivity contribution in [1.29, 1.82) is 5.26 Å². The largest absolute Gasteiger partial charge is 0.317 e. The minimum atomic E-state index is 0.109. The Morgan fingerprint density at radius 1 is 1.40 bits per heavy atom. The Kier molecular flexibility index (Phi) is 5.45. The number of rotatable bonds is 4. The quantitative estimate of drug-likeness (QED) is 0.921. The predicted octanol–water partition coefficient (Wildman–Crippen LogP) is 2.01. The molecule has 0 aromatic heterocycles. The van der Waals surface area contributed by atoms with Crippen LogP contribution in [0.25, 0.3) is 0 Å². The summed E-state index contributed by atoms with van der Waals surface area (Å²) in [5, 5.41) is 12.7. The summed E-state index contributed by atoms with van der Waals surface area (Å²) in [7, 11) is 1.78. The molecule has 1 heterocycles. The Hall–Kier alpha value is -1.51. The lowest BCUT2D eigenvalue weighted by atomic mass is 10.2. The second kappa shape index (κ2) is 7.32. The van der Waals surface area contributed by atoms with E-state index in [0.717, 1.165) is 31.6 Å². The van der Waals surface area contributed by atoms with Gasteiger partial charge in [0, 0.05) is 18.0 Å². The summed E-state index contributed by atoms with van der Waals surface area (Å²) in [5.41, 5.74) is 1.44. The molecule has 0 radical (unpaired) electrons. The highest BCUT2D eigenvalue weighted by Gasteiger charge is 2.17. The van der Waals surface area contributed by atoms with Crippen molar-refractivity contribution in [3.63, 3.8) is 0 Å². The van der Waals surface area contributed by atoms with Crippen molar-refractivity contribution >= 4 is 23.4 Å². The van der Waals surface area contributed by atoms with Gasteiger partial charge in [0.05, 0.1) is 17.4 Å². The molecular weight excluding hydrogens is 270 g/mol. The molecule has 1 aliphatic rings. The van der Waals surface area contributed by atoms with Gasteiger partial charge in [0.15, 0.2) is 0 Å². The second-order valence-electron chi connectivity index (χ2n) is 4.87. The Morgan fingerprint density at radius 2 is 2.05 bits per heavy atom. The fraction of sp³-hybridized carbons (Fsp3) is 0.467. The average Bonchev–Trinajstić information content (AvgIpc) is 2.53. The molecule has 106 valence electrons. The van der Waals surface area contributed by atoms with E-state index in [-0.39, 0.29) is 5.91 Å². The van der Waals surface area contributed by atoms with Crippen molar-refractivity contribution in [3.8, 4) is 6.07 Å². The van der Waals surface area contributed by atoms with Gasteiger partial charge in [0.2, 0.25) is 5.91 Å². The molecule has 0 spiro atoms. The van der Waals surface area contributed by atoms with E-state index in [2.05, 4.69) is 11.4 Å². The molecule has 1 aromatic carbocycles. The van der Waals surface area contributed by atoms with Crippen molar-refractivity contribution in [2.45, 2.75) is 18.1 Å². The van der Waals surface area contributed by atoms with Crippen LogP contribution in [0.1, 0.15) is 18.4 Å². The Bertz CT molecular complexity index is 489. The van der Waals surface area contributed by atoms with E-state index in [1.165, 1.54) is 0 Å². The number of nitrogens with zero attached hydrogens (tertiary/aromatic N) is 2. The Balaban J connectivity index is 1.85. The van der Waals surface area contributed by atoms with Crippen molar-refractivity contribution < 1.29 is 4.79 Å². The van der Waals surface area contributed by atoms with Crippen LogP contribution in [0.4, 0.5) is 5.69 Å². The number of nitriles is 1. The van der Waals surface area contributed by atoms with E-state index in [1.54, 1.807) is 35.8 Å². The van der Waals surface area contributed by atoms with Crippen LogP contribution in [0.5, 0.6) is 0 Å². The van der Waals surface area contributed by atoms with Gasteiger partial charge in [-0.1, -0.05) is 0 Å². The number of anilines is 1. The lowest BCUT2D eigenvalue weighted by Gasteiger charge is -2.23. The summed E-state index contributed by atoms with van der Waals surface area (Å²) in [4.78, 5) is 13.8. The molecule has 4 nitrogen and oxygen atoms in total. The molecule has 0 saturated carbocycles. The number of piperidine rings is 1. The zero-order chi connectivity index (χ0) is 14.4. The first-order valence-corrected chi connectivity index (χ1v) is 7.84.